The van der Waals surface area contributed by atoms with E-state index in [9.17, 15) is 8.42 Å². The molecule has 4 nitrogen and oxygen atoms in total. The quantitative estimate of drug-likeness (QED) is 0.895. The van der Waals surface area contributed by atoms with Crippen LogP contribution in [-0.2, 0) is 23.5 Å². The number of rotatable bonds is 3. The highest BCUT2D eigenvalue weighted by atomic mass is 32.2. The van der Waals surface area contributed by atoms with Crippen molar-refractivity contribution in [3.05, 3.63) is 48.2 Å². The molecule has 0 radical (unpaired) electrons. The second-order valence-electron chi connectivity index (χ2n) is 3.70. The molecule has 0 aliphatic rings. The molecule has 0 atom stereocenters. The molecule has 1 N–H and O–H groups in total. The van der Waals surface area contributed by atoms with Crippen molar-refractivity contribution in [3.8, 4) is 0 Å². The third kappa shape index (κ3) is 1.99. The van der Waals surface area contributed by atoms with E-state index in [4.69, 9.17) is 5.11 Å². The van der Waals surface area contributed by atoms with Crippen molar-refractivity contribution < 1.29 is 13.5 Å². The standard InChI is InChI=1S/C12H13NO3S/c1-13-10(9-14)7-8-12(13)17(15,16)11-5-3-2-4-6-11/h2-8,14H,9H2,1H3. The van der Waals surface area contributed by atoms with Crippen molar-refractivity contribution >= 4 is 9.84 Å². The predicted molar refractivity (Wildman–Crippen MR) is 63.2 cm³/mol. The van der Waals surface area contributed by atoms with Gasteiger partial charge < -0.3 is 9.67 Å². The fourth-order valence-electron chi connectivity index (χ4n) is 1.68. The molecule has 0 saturated heterocycles. The first-order valence-electron chi connectivity index (χ1n) is 5.13. The molecule has 1 aromatic heterocycles. The number of aromatic nitrogens is 1. The van der Waals surface area contributed by atoms with Gasteiger partial charge in [0.2, 0.25) is 9.84 Å². The second-order valence-corrected chi connectivity index (χ2v) is 5.59. The minimum absolute atomic E-state index is 0.180. The third-order valence-corrected chi connectivity index (χ3v) is 4.52. The molecule has 2 aromatic rings. The molecule has 0 amide bonds. The molecule has 0 unspecified atom stereocenters. The van der Waals surface area contributed by atoms with Crippen molar-refractivity contribution in [2.24, 2.45) is 7.05 Å². The van der Waals surface area contributed by atoms with Crippen LogP contribution in [-0.4, -0.2) is 18.1 Å². The lowest BCUT2D eigenvalue weighted by Gasteiger charge is -2.07. The highest BCUT2D eigenvalue weighted by molar-refractivity contribution is 7.91. The summed E-state index contributed by atoms with van der Waals surface area (Å²) in [6.07, 6.45) is 0. The minimum atomic E-state index is -3.51. The maximum absolute atomic E-state index is 12.3. The Labute approximate surface area is 100 Å². The average Bonchev–Trinajstić information content (AvgIpc) is 2.72. The highest BCUT2D eigenvalue weighted by Crippen LogP contribution is 2.22. The summed E-state index contributed by atoms with van der Waals surface area (Å²) in [7, 11) is -1.88. The monoisotopic (exact) mass is 251 g/mol. The van der Waals surface area contributed by atoms with Crippen LogP contribution in [0, 0.1) is 0 Å². The molecule has 1 heterocycles. The van der Waals surface area contributed by atoms with Gasteiger partial charge in [-0.2, -0.15) is 0 Å². The van der Waals surface area contributed by atoms with Crippen molar-refractivity contribution in [1.82, 2.24) is 4.57 Å². The predicted octanol–water partition coefficient (Wildman–Crippen LogP) is 1.35. The Bertz CT molecular complexity index is 614. The molecule has 0 aliphatic heterocycles. The van der Waals surface area contributed by atoms with Crippen molar-refractivity contribution in [3.63, 3.8) is 0 Å². The molecular formula is C12H13NO3S. The normalized spacial score (nSPS) is 11.6. The fraction of sp³-hybridized carbons (Fsp3) is 0.167. The van der Waals surface area contributed by atoms with Crippen LogP contribution in [0.1, 0.15) is 5.69 Å². The zero-order valence-electron chi connectivity index (χ0n) is 9.37. The van der Waals surface area contributed by atoms with E-state index in [0.717, 1.165) is 0 Å². The second kappa shape index (κ2) is 4.35. The van der Waals surface area contributed by atoms with E-state index < -0.39 is 9.84 Å². The third-order valence-electron chi connectivity index (χ3n) is 2.67. The fourth-order valence-corrected chi connectivity index (χ4v) is 3.16. The van der Waals surface area contributed by atoms with Gasteiger partial charge in [0, 0.05) is 12.7 Å². The molecule has 17 heavy (non-hydrogen) atoms. The van der Waals surface area contributed by atoms with Crippen LogP contribution in [0.15, 0.2) is 52.4 Å². The van der Waals surface area contributed by atoms with E-state index in [1.807, 2.05) is 0 Å². The summed E-state index contributed by atoms with van der Waals surface area (Å²) >= 11 is 0. The molecule has 0 bridgehead atoms. The Morgan fingerprint density at radius 2 is 1.76 bits per heavy atom. The topological polar surface area (TPSA) is 59.3 Å². The number of sulfone groups is 1. The first-order chi connectivity index (χ1) is 8.07. The maximum Gasteiger partial charge on any atom is 0.222 e. The molecule has 2 rings (SSSR count). The zero-order chi connectivity index (χ0) is 12.5. The Morgan fingerprint density at radius 3 is 2.29 bits per heavy atom. The lowest BCUT2D eigenvalue weighted by atomic mass is 10.4. The average molecular weight is 251 g/mol. The Balaban J connectivity index is 2.57. The smallest absolute Gasteiger partial charge is 0.222 e. The van der Waals surface area contributed by atoms with Gasteiger partial charge in [-0.25, -0.2) is 8.42 Å². The van der Waals surface area contributed by atoms with Gasteiger partial charge in [0.25, 0.3) is 0 Å². The Kier molecular flexibility index (Phi) is 3.04. The van der Waals surface area contributed by atoms with E-state index in [1.165, 1.54) is 10.6 Å². The molecule has 0 aliphatic carbocycles. The Hall–Kier alpha value is -1.59. The van der Waals surface area contributed by atoms with Gasteiger partial charge in [-0.3, -0.25) is 0 Å². The minimum Gasteiger partial charge on any atom is -0.390 e. The van der Waals surface area contributed by atoms with E-state index in [-0.39, 0.29) is 16.5 Å². The summed E-state index contributed by atoms with van der Waals surface area (Å²) in [5.41, 5.74) is 0.569. The SMILES string of the molecule is Cn1c(CO)ccc1S(=O)(=O)c1ccccc1. The van der Waals surface area contributed by atoms with Crippen LogP contribution < -0.4 is 0 Å². The van der Waals surface area contributed by atoms with Gasteiger partial charge in [0.15, 0.2) is 0 Å². The molecular weight excluding hydrogens is 238 g/mol. The number of aliphatic hydroxyl groups is 1. The largest absolute Gasteiger partial charge is 0.390 e. The summed E-state index contributed by atoms with van der Waals surface area (Å²) in [5.74, 6) is 0. The summed E-state index contributed by atoms with van der Waals surface area (Å²) in [5, 5.41) is 9.24. The van der Waals surface area contributed by atoms with E-state index in [1.54, 1.807) is 43.4 Å². The van der Waals surface area contributed by atoms with Crippen LogP contribution in [0.3, 0.4) is 0 Å². The summed E-state index contributed by atoms with van der Waals surface area (Å²) in [4.78, 5) is 0.255. The number of hydrogen-bond acceptors (Lipinski definition) is 3. The number of hydrogen-bond donors (Lipinski definition) is 1. The molecule has 0 fully saturated rings. The number of nitrogens with zero attached hydrogens (tertiary/aromatic N) is 1. The van der Waals surface area contributed by atoms with Crippen LogP contribution in [0.5, 0.6) is 0 Å². The number of aliphatic hydroxyl groups excluding tert-OH is 1. The molecule has 5 heteroatoms. The lowest BCUT2D eigenvalue weighted by Crippen LogP contribution is -2.09. The lowest BCUT2D eigenvalue weighted by molar-refractivity contribution is 0.271. The molecule has 90 valence electrons. The van der Waals surface area contributed by atoms with Crippen LogP contribution >= 0.6 is 0 Å². The highest BCUT2D eigenvalue weighted by Gasteiger charge is 2.21. The van der Waals surface area contributed by atoms with Gasteiger partial charge in [-0.1, -0.05) is 18.2 Å². The van der Waals surface area contributed by atoms with Crippen LogP contribution in [0.25, 0.3) is 0 Å². The van der Waals surface area contributed by atoms with Gasteiger partial charge in [0.05, 0.1) is 11.5 Å². The van der Waals surface area contributed by atoms with Crippen LogP contribution in [0.2, 0.25) is 0 Å². The Morgan fingerprint density at radius 1 is 1.12 bits per heavy atom. The molecule has 0 spiro atoms. The molecule has 1 aromatic carbocycles. The first-order valence-corrected chi connectivity index (χ1v) is 6.61. The van der Waals surface area contributed by atoms with E-state index in [2.05, 4.69) is 0 Å². The summed E-state index contributed by atoms with van der Waals surface area (Å²) in [6, 6.07) is 11.4. The first kappa shape index (κ1) is 11.9. The van der Waals surface area contributed by atoms with Crippen LogP contribution in [0.4, 0.5) is 0 Å². The zero-order valence-corrected chi connectivity index (χ0v) is 10.2. The van der Waals surface area contributed by atoms with Gasteiger partial charge in [-0.15, -0.1) is 0 Å². The number of benzene rings is 1. The van der Waals surface area contributed by atoms with Crippen molar-refractivity contribution in [2.45, 2.75) is 16.5 Å². The van der Waals surface area contributed by atoms with Gasteiger partial charge in [-0.05, 0) is 24.3 Å². The molecule has 0 saturated carbocycles. The van der Waals surface area contributed by atoms with Crippen molar-refractivity contribution in [2.75, 3.05) is 0 Å². The van der Waals surface area contributed by atoms with Gasteiger partial charge >= 0.3 is 0 Å². The van der Waals surface area contributed by atoms with E-state index in [0.29, 0.717) is 5.69 Å². The maximum atomic E-state index is 12.3. The van der Waals surface area contributed by atoms with Gasteiger partial charge in [0.1, 0.15) is 5.03 Å². The summed E-state index contributed by atoms with van der Waals surface area (Å²) < 4.78 is 26.1. The van der Waals surface area contributed by atoms with Crippen molar-refractivity contribution in [1.29, 1.82) is 0 Å². The summed E-state index contributed by atoms with van der Waals surface area (Å²) in [6.45, 7) is -0.180. The van der Waals surface area contributed by atoms with E-state index >= 15 is 0 Å².